The van der Waals surface area contributed by atoms with Gasteiger partial charge in [-0.3, -0.25) is 4.79 Å². The number of amides is 1. The monoisotopic (exact) mass is 348 g/mol. The highest BCUT2D eigenvalue weighted by Gasteiger charge is 2.23. The minimum Gasteiger partial charge on any atom is -0.352 e. The van der Waals surface area contributed by atoms with Crippen molar-refractivity contribution in [1.29, 1.82) is 0 Å². The Morgan fingerprint density at radius 1 is 1.30 bits per heavy atom. The van der Waals surface area contributed by atoms with Crippen LogP contribution in [-0.2, 0) is 13.0 Å². The Hall–Kier alpha value is -1.46. The third-order valence-corrected chi connectivity index (χ3v) is 4.63. The molecule has 0 spiro atoms. The summed E-state index contributed by atoms with van der Waals surface area (Å²) in [4.78, 5) is 17.3. The van der Waals surface area contributed by atoms with E-state index in [1.807, 2.05) is 17.0 Å². The maximum absolute atomic E-state index is 12.5. The Morgan fingerprint density at radius 2 is 2.15 bits per heavy atom. The first-order valence-corrected chi connectivity index (χ1v) is 7.60. The number of H-pyrrole nitrogens is 1. The molecule has 0 saturated carbocycles. The molecule has 102 valence electrons. The van der Waals surface area contributed by atoms with E-state index in [-0.39, 0.29) is 5.91 Å². The number of benzene rings is 1. The van der Waals surface area contributed by atoms with Gasteiger partial charge in [0.05, 0.1) is 5.56 Å². The summed E-state index contributed by atoms with van der Waals surface area (Å²) in [6, 6.07) is 9.70. The summed E-state index contributed by atoms with van der Waals surface area (Å²) in [7, 11) is 0. The molecule has 1 N–H and O–H groups in total. The molecule has 2 aromatic rings. The molecule has 3 rings (SSSR count). The lowest BCUT2D eigenvalue weighted by Crippen LogP contribution is -2.36. The summed E-state index contributed by atoms with van der Waals surface area (Å²) in [6.45, 7) is 1.36. The maximum atomic E-state index is 12.5. The zero-order valence-corrected chi connectivity index (χ0v) is 13.1. The molecule has 0 saturated heterocycles. The van der Waals surface area contributed by atoms with Crippen LogP contribution in [0.5, 0.6) is 0 Å². The van der Waals surface area contributed by atoms with Crippen molar-refractivity contribution >= 4 is 34.1 Å². The van der Waals surface area contributed by atoms with Crippen LogP contribution in [0.2, 0.25) is 0 Å². The van der Waals surface area contributed by atoms with Crippen LogP contribution in [-0.4, -0.2) is 22.3 Å². The van der Waals surface area contributed by atoms with Crippen LogP contribution in [0.4, 0.5) is 0 Å². The molecule has 20 heavy (non-hydrogen) atoms. The Bertz CT molecular complexity index is 726. The maximum Gasteiger partial charge on any atom is 0.257 e. The van der Waals surface area contributed by atoms with Gasteiger partial charge in [-0.1, -0.05) is 40.3 Å². The summed E-state index contributed by atoms with van der Waals surface area (Å²) >= 11 is 8.76. The Morgan fingerprint density at radius 3 is 2.95 bits per heavy atom. The van der Waals surface area contributed by atoms with Crippen LogP contribution >= 0.6 is 28.1 Å². The molecule has 5 heteroatoms. The van der Waals surface area contributed by atoms with Crippen molar-refractivity contribution in [2.24, 2.45) is 0 Å². The number of pyridine rings is 1. The van der Waals surface area contributed by atoms with Gasteiger partial charge in [-0.05, 0) is 35.7 Å². The number of hydrogen-bond acceptors (Lipinski definition) is 2. The molecule has 1 aliphatic heterocycles. The second-order valence-corrected chi connectivity index (χ2v) is 6.03. The van der Waals surface area contributed by atoms with Gasteiger partial charge in [0.25, 0.3) is 5.91 Å². The standard InChI is InChI=1S/C15H13BrN2OS/c16-13-5-1-3-10-9-18(8-6-11(10)13)15(19)12-4-2-7-17-14(12)20/h1-5,7H,6,8-9H2,(H,17,20). The third-order valence-electron chi connectivity index (χ3n) is 3.54. The average Bonchev–Trinajstić information content (AvgIpc) is 2.47. The number of aromatic amines is 1. The minimum atomic E-state index is -0.00234. The van der Waals surface area contributed by atoms with Crippen LogP contribution < -0.4 is 0 Å². The zero-order valence-electron chi connectivity index (χ0n) is 10.7. The normalized spacial score (nSPS) is 13.9. The van der Waals surface area contributed by atoms with Crippen molar-refractivity contribution in [1.82, 2.24) is 9.88 Å². The molecule has 2 heterocycles. The molecule has 1 amide bonds. The lowest BCUT2D eigenvalue weighted by Gasteiger charge is -2.29. The van der Waals surface area contributed by atoms with Gasteiger partial charge >= 0.3 is 0 Å². The highest BCUT2D eigenvalue weighted by molar-refractivity contribution is 9.10. The highest BCUT2D eigenvalue weighted by Crippen LogP contribution is 2.27. The average molecular weight is 349 g/mol. The molecule has 3 nitrogen and oxygen atoms in total. The van der Waals surface area contributed by atoms with Crippen LogP contribution in [0.3, 0.4) is 0 Å². The number of halogens is 1. The van der Waals surface area contributed by atoms with Gasteiger partial charge < -0.3 is 9.88 Å². The summed E-state index contributed by atoms with van der Waals surface area (Å²) in [5.74, 6) is -0.00234. The molecule has 0 radical (unpaired) electrons. The summed E-state index contributed by atoms with van der Waals surface area (Å²) in [5, 5.41) is 0. The second kappa shape index (κ2) is 5.50. The first-order valence-electron chi connectivity index (χ1n) is 6.40. The number of carbonyl (C=O) groups excluding carboxylic acids is 1. The molecule has 0 atom stereocenters. The van der Waals surface area contributed by atoms with E-state index in [1.165, 1.54) is 11.1 Å². The number of rotatable bonds is 1. The fraction of sp³-hybridized carbons (Fsp3) is 0.200. The van der Waals surface area contributed by atoms with Crippen molar-refractivity contribution in [2.75, 3.05) is 6.54 Å². The fourth-order valence-electron chi connectivity index (χ4n) is 2.50. The summed E-state index contributed by atoms with van der Waals surface area (Å²) < 4.78 is 1.62. The first-order chi connectivity index (χ1) is 9.66. The van der Waals surface area contributed by atoms with Gasteiger partial charge in [0.15, 0.2) is 0 Å². The lowest BCUT2D eigenvalue weighted by molar-refractivity contribution is 0.0733. The van der Waals surface area contributed by atoms with E-state index in [1.54, 1.807) is 18.3 Å². The van der Waals surface area contributed by atoms with Crippen LogP contribution in [0.15, 0.2) is 41.0 Å². The van der Waals surface area contributed by atoms with Crippen molar-refractivity contribution in [3.63, 3.8) is 0 Å². The van der Waals surface area contributed by atoms with Gasteiger partial charge in [-0.25, -0.2) is 0 Å². The van der Waals surface area contributed by atoms with Crippen molar-refractivity contribution < 1.29 is 4.79 Å². The van der Waals surface area contributed by atoms with Gasteiger partial charge in [0.2, 0.25) is 0 Å². The van der Waals surface area contributed by atoms with Crippen molar-refractivity contribution in [3.05, 3.63) is 62.3 Å². The van der Waals surface area contributed by atoms with Gasteiger partial charge in [0, 0.05) is 23.8 Å². The molecular weight excluding hydrogens is 336 g/mol. The molecule has 0 unspecified atom stereocenters. The molecule has 0 aliphatic carbocycles. The zero-order chi connectivity index (χ0) is 14.1. The minimum absolute atomic E-state index is 0.00234. The summed E-state index contributed by atoms with van der Waals surface area (Å²) in [6.07, 6.45) is 2.60. The van der Waals surface area contributed by atoms with E-state index < -0.39 is 0 Å². The number of aromatic nitrogens is 1. The van der Waals surface area contributed by atoms with Crippen LogP contribution in [0.1, 0.15) is 21.5 Å². The molecule has 1 aromatic carbocycles. The fourth-order valence-corrected chi connectivity index (χ4v) is 3.33. The molecule has 0 bridgehead atoms. The van der Waals surface area contributed by atoms with Crippen LogP contribution in [0.25, 0.3) is 0 Å². The topological polar surface area (TPSA) is 36.1 Å². The number of nitrogens with zero attached hydrogens (tertiary/aromatic N) is 1. The predicted octanol–water partition coefficient (Wildman–Crippen LogP) is 3.71. The van der Waals surface area contributed by atoms with E-state index in [0.29, 0.717) is 16.7 Å². The molecular formula is C15H13BrN2OS. The SMILES string of the molecule is O=C(c1ccc[nH]c1=S)N1CCc2c(Br)cccc2C1. The lowest BCUT2D eigenvalue weighted by atomic mass is 9.99. The van der Waals surface area contributed by atoms with Gasteiger partial charge in [0.1, 0.15) is 4.64 Å². The van der Waals surface area contributed by atoms with E-state index in [0.717, 1.165) is 17.4 Å². The van der Waals surface area contributed by atoms with Crippen molar-refractivity contribution in [2.45, 2.75) is 13.0 Å². The van der Waals surface area contributed by atoms with Crippen molar-refractivity contribution in [3.8, 4) is 0 Å². The Balaban J connectivity index is 1.89. The number of fused-ring (bicyclic) bond motifs is 1. The molecule has 0 fully saturated rings. The summed E-state index contributed by atoms with van der Waals surface area (Å²) in [5.41, 5.74) is 3.07. The number of carbonyl (C=O) groups is 1. The largest absolute Gasteiger partial charge is 0.352 e. The van der Waals surface area contributed by atoms with E-state index in [9.17, 15) is 4.79 Å². The van der Waals surface area contributed by atoms with Gasteiger partial charge in [-0.15, -0.1) is 0 Å². The molecule has 1 aromatic heterocycles. The quantitative estimate of drug-likeness (QED) is 0.797. The Kier molecular flexibility index (Phi) is 3.72. The van der Waals surface area contributed by atoms with E-state index >= 15 is 0 Å². The van der Waals surface area contributed by atoms with Gasteiger partial charge in [-0.2, -0.15) is 0 Å². The second-order valence-electron chi connectivity index (χ2n) is 4.77. The molecule has 1 aliphatic rings. The number of hydrogen-bond donors (Lipinski definition) is 1. The van der Waals surface area contributed by atoms with E-state index in [2.05, 4.69) is 27.0 Å². The predicted molar refractivity (Wildman–Crippen MR) is 84.2 cm³/mol. The smallest absolute Gasteiger partial charge is 0.257 e. The first kappa shape index (κ1) is 13.5. The highest BCUT2D eigenvalue weighted by atomic mass is 79.9. The third kappa shape index (κ3) is 2.43. The number of nitrogens with one attached hydrogen (secondary N) is 1. The van der Waals surface area contributed by atoms with Crippen LogP contribution in [0, 0.1) is 4.64 Å². The Labute approximate surface area is 130 Å². The van der Waals surface area contributed by atoms with E-state index in [4.69, 9.17) is 12.2 Å².